The minimum Gasteiger partial charge on any atom is -0.389 e. The van der Waals surface area contributed by atoms with Crippen LogP contribution in [-0.2, 0) is 0 Å². The molecular formula is C15H25BrN2O. The van der Waals surface area contributed by atoms with E-state index in [-0.39, 0.29) is 12.1 Å². The van der Waals surface area contributed by atoms with Crippen LogP contribution in [0.1, 0.15) is 39.3 Å². The fourth-order valence-electron chi connectivity index (χ4n) is 2.44. The van der Waals surface area contributed by atoms with Crippen molar-refractivity contribution >= 4 is 15.9 Å². The van der Waals surface area contributed by atoms with Gasteiger partial charge in [-0.1, -0.05) is 35.0 Å². The van der Waals surface area contributed by atoms with Crippen molar-refractivity contribution in [3.63, 3.8) is 0 Å². The predicted molar refractivity (Wildman–Crippen MR) is 84.1 cm³/mol. The lowest BCUT2D eigenvalue weighted by Gasteiger charge is -2.37. The number of likely N-dealkylation sites (N-methyl/N-ethyl adjacent to an activating group) is 1. The molecule has 4 heteroatoms. The second kappa shape index (κ2) is 6.84. The Morgan fingerprint density at radius 1 is 1.42 bits per heavy atom. The highest BCUT2D eigenvalue weighted by molar-refractivity contribution is 9.10. The normalized spacial score (nSPS) is 15.6. The number of nitrogens with two attached hydrogens (primary N) is 1. The summed E-state index contributed by atoms with van der Waals surface area (Å²) in [5.41, 5.74) is 6.62. The summed E-state index contributed by atoms with van der Waals surface area (Å²) in [6.45, 7) is 9.21. The molecule has 0 amide bonds. The molecule has 3 N–H and O–H groups in total. The minimum absolute atomic E-state index is 0.00315. The fraction of sp³-hybridized carbons (Fsp3) is 0.600. The van der Waals surface area contributed by atoms with Gasteiger partial charge in [0.25, 0.3) is 0 Å². The van der Waals surface area contributed by atoms with Crippen LogP contribution in [0.2, 0.25) is 0 Å². The van der Waals surface area contributed by atoms with Crippen molar-refractivity contribution < 1.29 is 5.11 Å². The van der Waals surface area contributed by atoms with Crippen molar-refractivity contribution in [3.05, 3.63) is 34.3 Å². The van der Waals surface area contributed by atoms with E-state index >= 15 is 0 Å². The van der Waals surface area contributed by atoms with Crippen LogP contribution in [0.5, 0.6) is 0 Å². The second-order valence-corrected chi connectivity index (χ2v) is 6.65. The molecule has 2 atom stereocenters. The smallest absolute Gasteiger partial charge is 0.0718 e. The lowest BCUT2D eigenvalue weighted by molar-refractivity contribution is 0.0187. The van der Waals surface area contributed by atoms with Crippen molar-refractivity contribution in [1.29, 1.82) is 0 Å². The molecule has 0 bridgehead atoms. The summed E-state index contributed by atoms with van der Waals surface area (Å²) in [5, 5.41) is 10.1. The lowest BCUT2D eigenvalue weighted by Crippen LogP contribution is -2.45. The van der Waals surface area contributed by atoms with Gasteiger partial charge in [-0.05, 0) is 45.0 Å². The van der Waals surface area contributed by atoms with Crippen LogP contribution in [0, 0.1) is 0 Å². The SMILES string of the molecule is CCN(CC(C)(C)O)C(c1cccc(Br)c1)C(C)N. The van der Waals surface area contributed by atoms with Gasteiger partial charge in [-0.25, -0.2) is 0 Å². The molecule has 0 heterocycles. The molecule has 0 aliphatic carbocycles. The molecule has 108 valence electrons. The van der Waals surface area contributed by atoms with E-state index in [1.165, 1.54) is 5.56 Å². The van der Waals surface area contributed by atoms with Gasteiger partial charge in [0.15, 0.2) is 0 Å². The molecule has 2 unspecified atom stereocenters. The van der Waals surface area contributed by atoms with Crippen molar-refractivity contribution in [2.24, 2.45) is 5.73 Å². The quantitative estimate of drug-likeness (QED) is 0.844. The van der Waals surface area contributed by atoms with Crippen LogP contribution in [0.3, 0.4) is 0 Å². The van der Waals surface area contributed by atoms with Gasteiger partial charge in [-0.15, -0.1) is 0 Å². The van der Waals surface area contributed by atoms with E-state index in [1.807, 2.05) is 32.9 Å². The third kappa shape index (κ3) is 5.22. The van der Waals surface area contributed by atoms with E-state index in [1.54, 1.807) is 0 Å². The summed E-state index contributed by atoms with van der Waals surface area (Å²) in [4.78, 5) is 2.23. The first-order valence-corrected chi connectivity index (χ1v) is 7.51. The lowest BCUT2D eigenvalue weighted by atomic mass is 9.97. The van der Waals surface area contributed by atoms with Gasteiger partial charge in [0.1, 0.15) is 0 Å². The van der Waals surface area contributed by atoms with Crippen LogP contribution in [0.4, 0.5) is 0 Å². The second-order valence-electron chi connectivity index (χ2n) is 5.73. The summed E-state index contributed by atoms with van der Waals surface area (Å²) < 4.78 is 1.05. The van der Waals surface area contributed by atoms with Crippen molar-refractivity contribution in [1.82, 2.24) is 4.90 Å². The molecule has 1 aromatic carbocycles. The van der Waals surface area contributed by atoms with Crippen LogP contribution in [0.25, 0.3) is 0 Å². The third-order valence-electron chi connectivity index (χ3n) is 3.08. The Bertz CT molecular complexity index is 401. The van der Waals surface area contributed by atoms with Gasteiger partial charge in [-0.3, -0.25) is 4.90 Å². The maximum absolute atomic E-state index is 10.1. The average Bonchev–Trinajstić information content (AvgIpc) is 2.26. The number of halogens is 1. The highest BCUT2D eigenvalue weighted by Gasteiger charge is 2.27. The molecule has 0 radical (unpaired) electrons. The topological polar surface area (TPSA) is 49.5 Å². The van der Waals surface area contributed by atoms with E-state index in [0.29, 0.717) is 6.54 Å². The zero-order valence-corrected chi connectivity index (χ0v) is 13.8. The van der Waals surface area contributed by atoms with Gasteiger partial charge >= 0.3 is 0 Å². The molecule has 0 saturated carbocycles. The van der Waals surface area contributed by atoms with Crippen molar-refractivity contribution in [3.8, 4) is 0 Å². The number of nitrogens with zero attached hydrogens (tertiary/aromatic N) is 1. The number of aliphatic hydroxyl groups is 1. The summed E-state index contributed by atoms with van der Waals surface area (Å²) in [5.74, 6) is 0. The van der Waals surface area contributed by atoms with E-state index in [4.69, 9.17) is 5.73 Å². The molecule has 0 spiro atoms. The van der Waals surface area contributed by atoms with Crippen LogP contribution in [0.15, 0.2) is 28.7 Å². The van der Waals surface area contributed by atoms with Gasteiger partial charge in [0.05, 0.1) is 5.60 Å². The molecule has 1 aromatic rings. The molecule has 3 nitrogen and oxygen atoms in total. The van der Waals surface area contributed by atoms with E-state index in [9.17, 15) is 5.11 Å². The summed E-state index contributed by atoms with van der Waals surface area (Å²) in [6, 6.07) is 8.32. The molecule has 0 aliphatic heterocycles. The van der Waals surface area contributed by atoms with E-state index in [2.05, 4.69) is 39.9 Å². The molecule has 0 saturated heterocycles. The molecule has 1 rings (SSSR count). The highest BCUT2D eigenvalue weighted by Crippen LogP contribution is 2.27. The van der Waals surface area contributed by atoms with Gasteiger partial charge in [0, 0.05) is 23.1 Å². The Morgan fingerprint density at radius 3 is 2.47 bits per heavy atom. The number of hydrogen-bond acceptors (Lipinski definition) is 3. The van der Waals surface area contributed by atoms with Crippen molar-refractivity contribution in [2.45, 2.75) is 45.4 Å². The Labute approximate surface area is 124 Å². The van der Waals surface area contributed by atoms with Gasteiger partial charge < -0.3 is 10.8 Å². The first-order chi connectivity index (χ1) is 8.74. The number of rotatable bonds is 6. The van der Waals surface area contributed by atoms with E-state index < -0.39 is 5.60 Å². The molecule has 19 heavy (non-hydrogen) atoms. The van der Waals surface area contributed by atoms with Crippen molar-refractivity contribution in [2.75, 3.05) is 13.1 Å². The molecular weight excluding hydrogens is 304 g/mol. The Balaban J connectivity index is 3.05. The first kappa shape index (κ1) is 16.6. The van der Waals surface area contributed by atoms with E-state index in [0.717, 1.165) is 11.0 Å². The molecule has 0 aromatic heterocycles. The Hall–Kier alpha value is -0.420. The highest BCUT2D eigenvalue weighted by atomic mass is 79.9. The van der Waals surface area contributed by atoms with Crippen LogP contribution >= 0.6 is 15.9 Å². The number of benzene rings is 1. The summed E-state index contributed by atoms with van der Waals surface area (Å²) in [6.07, 6.45) is 0. The Morgan fingerprint density at radius 2 is 2.05 bits per heavy atom. The fourth-order valence-corrected chi connectivity index (χ4v) is 2.86. The maximum atomic E-state index is 10.1. The monoisotopic (exact) mass is 328 g/mol. The number of hydrogen-bond donors (Lipinski definition) is 2. The maximum Gasteiger partial charge on any atom is 0.0718 e. The molecule has 0 fully saturated rings. The zero-order valence-electron chi connectivity index (χ0n) is 12.2. The third-order valence-corrected chi connectivity index (χ3v) is 3.57. The first-order valence-electron chi connectivity index (χ1n) is 6.72. The summed E-state index contributed by atoms with van der Waals surface area (Å²) >= 11 is 3.50. The predicted octanol–water partition coefficient (Wildman–Crippen LogP) is 2.93. The van der Waals surface area contributed by atoms with Crippen LogP contribution < -0.4 is 5.73 Å². The van der Waals surface area contributed by atoms with Gasteiger partial charge in [0.2, 0.25) is 0 Å². The average molecular weight is 329 g/mol. The van der Waals surface area contributed by atoms with Crippen LogP contribution in [-0.4, -0.2) is 34.7 Å². The minimum atomic E-state index is -0.727. The summed E-state index contributed by atoms with van der Waals surface area (Å²) in [7, 11) is 0. The molecule has 0 aliphatic rings. The standard InChI is InChI=1S/C15H25BrN2O/c1-5-18(10-15(3,4)19)14(11(2)17)12-7-6-8-13(16)9-12/h6-9,11,14,19H,5,10,17H2,1-4H3. The zero-order chi connectivity index (χ0) is 14.6. The largest absolute Gasteiger partial charge is 0.389 e. The Kier molecular flexibility index (Phi) is 5.99. The van der Waals surface area contributed by atoms with Gasteiger partial charge in [-0.2, -0.15) is 0 Å².